The molecule has 0 aliphatic rings. The van der Waals surface area contributed by atoms with Crippen LogP contribution in [0.1, 0.15) is 0 Å². The summed E-state index contributed by atoms with van der Waals surface area (Å²) >= 11 is 1.75. The van der Waals surface area contributed by atoms with Crippen LogP contribution in [-0.2, 0) is 0 Å². The van der Waals surface area contributed by atoms with E-state index < -0.39 is 0 Å². The fraction of sp³-hybridized carbons (Fsp3) is 0. The van der Waals surface area contributed by atoms with Crippen LogP contribution in [0.2, 0.25) is 0 Å². The Balaban J connectivity index is 0.684. The molecule has 6 aromatic heterocycles. The van der Waals surface area contributed by atoms with Gasteiger partial charge in [-0.1, -0.05) is 224 Å². The topological polar surface area (TPSA) is 117 Å². The summed E-state index contributed by atoms with van der Waals surface area (Å²) in [5.41, 5.74) is 18.8. The predicted molar refractivity (Wildman–Crippen MR) is 382 cm³/mol. The van der Waals surface area contributed by atoms with Crippen LogP contribution in [-0.4, -0.2) is 29.9 Å². The maximum atomic E-state index is 6.70. The third-order valence-corrected chi connectivity index (χ3v) is 19.3. The standard InChI is InChI=1S/C84H48N6O3S/c1-4-16-49(17-5-1)50-32-36-53(37-33-50)60-24-14-30-70-76(60)64-44-40-57(47-73(64)93-70)81-86-80(87-83(89-81)65-26-15-31-71-77(65)62-22-10-11-28-68(62)91-71)55-38-34-51(35-39-55)56-42-45-74-67(46-56)61-25-12-27-66(78(61)94-74)84-88-79(54-20-8-3-9-21-54)85-82(90-84)58-41-43-63-72(48-58)92-69-29-13-23-59(75(63)69)52-18-6-2-7-19-52/h1-48H. The van der Waals surface area contributed by atoms with E-state index in [0.29, 0.717) is 34.9 Å². The Labute approximate surface area is 541 Å². The average Bonchev–Trinajstić information content (AvgIpc) is 1.64. The summed E-state index contributed by atoms with van der Waals surface area (Å²) in [4.78, 5) is 31.4. The third-order valence-electron chi connectivity index (χ3n) is 18.1. The highest BCUT2D eigenvalue weighted by Gasteiger charge is 2.23. The molecule has 0 fully saturated rings. The number of aromatic nitrogens is 6. The van der Waals surface area contributed by atoms with E-state index in [1.807, 2.05) is 84.9 Å². The lowest BCUT2D eigenvalue weighted by Crippen LogP contribution is -2.00. The summed E-state index contributed by atoms with van der Waals surface area (Å²) in [7, 11) is 0. The minimum atomic E-state index is 0.522. The molecule has 19 aromatic rings. The molecule has 0 amide bonds. The first-order chi connectivity index (χ1) is 46.5. The Morgan fingerprint density at radius 3 is 1.17 bits per heavy atom. The van der Waals surface area contributed by atoms with E-state index in [0.717, 1.165) is 153 Å². The monoisotopic (exact) mass is 1220 g/mol. The van der Waals surface area contributed by atoms with E-state index in [9.17, 15) is 0 Å². The van der Waals surface area contributed by atoms with Crippen LogP contribution in [0, 0.1) is 0 Å². The summed E-state index contributed by atoms with van der Waals surface area (Å²) in [5, 5.41) is 8.39. The molecule has 0 N–H and O–H groups in total. The second kappa shape index (κ2) is 21.6. The summed E-state index contributed by atoms with van der Waals surface area (Å²) < 4.78 is 21.9. The van der Waals surface area contributed by atoms with Crippen molar-refractivity contribution in [1.29, 1.82) is 0 Å². The molecular formula is C84H48N6O3S. The molecular weight excluding hydrogens is 1170 g/mol. The molecule has 0 aliphatic heterocycles. The van der Waals surface area contributed by atoms with Gasteiger partial charge in [-0.05, 0) is 111 Å². The fourth-order valence-corrected chi connectivity index (χ4v) is 14.7. The fourth-order valence-electron chi connectivity index (χ4n) is 13.5. The molecule has 438 valence electrons. The number of furan rings is 3. The van der Waals surface area contributed by atoms with Gasteiger partial charge >= 0.3 is 0 Å². The predicted octanol–water partition coefficient (Wildman–Crippen LogP) is 22.8. The van der Waals surface area contributed by atoms with Gasteiger partial charge in [-0.15, -0.1) is 11.3 Å². The Morgan fingerprint density at radius 1 is 0.202 bits per heavy atom. The van der Waals surface area contributed by atoms with Gasteiger partial charge in [0.25, 0.3) is 0 Å². The summed E-state index contributed by atoms with van der Waals surface area (Å²) in [6.07, 6.45) is 0. The smallest absolute Gasteiger partial charge is 0.165 e. The number of rotatable bonds is 10. The molecule has 0 unspecified atom stereocenters. The quantitative estimate of drug-likeness (QED) is 0.132. The highest BCUT2D eigenvalue weighted by atomic mass is 32.1. The van der Waals surface area contributed by atoms with Crippen molar-refractivity contribution < 1.29 is 13.3 Å². The minimum absolute atomic E-state index is 0.522. The number of hydrogen-bond donors (Lipinski definition) is 0. The molecule has 0 saturated heterocycles. The summed E-state index contributed by atoms with van der Waals surface area (Å²) in [6, 6.07) is 101. The lowest BCUT2D eigenvalue weighted by Gasteiger charge is -2.10. The zero-order valence-electron chi connectivity index (χ0n) is 50.0. The van der Waals surface area contributed by atoms with E-state index in [-0.39, 0.29) is 0 Å². The van der Waals surface area contributed by atoms with Crippen LogP contribution < -0.4 is 0 Å². The van der Waals surface area contributed by atoms with Crippen LogP contribution in [0.15, 0.2) is 304 Å². The molecule has 6 heterocycles. The van der Waals surface area contributed by atoms with Crippen molar-refractivity contribution >= 4 is 97.3 Å². The zero-order valence-corrected chi connectivity index (χ0v) is 50.8. The van der Waals surface area contributed by atoms with E-state index in [2.05, 4.69) is 206 Å². The Kier molecular flexibility index (Phi) is 12.3. The van der Waals surface area contributed by atoms with E-state index in [4.69, 9.17) is 43.2 Å². The molecule has 94 heavy (non-hydrogen) atoms. The Hall–Kier alpha value is -12.5. The molecule has 0 spiro atoms. The first-order valence-corrected chi connectivity index (χ1v) is 32.0. The van der Waals surface area contributed by atoms with Crippen LogP contribution in [0.4, 0.5) is 0 Å². The Morgan fingerprint density at radius 2 is 0.564 bits per heavy atom. The highest BCUT2D eigenvalue weighted by Crippen LogP contribution is 2.45. The number of fused-ring (bicyclic) bond motifs is 12. The maximum Gasteiger partial charge on any atom is 0.165 e. The van der Waals surface area contributed by atoms with E-state index in [1.165, 1.54) is 11.1 Å². The van der Waals surface area contributed by atoms with Gasteiger partial charge in [-0.2, -0.15) is 0 Å². The molecule has 10 heteroatoms. The first kappa shape index (κ1) is 53.3. The third kappa shape index (κ3) is 8.99. The van der Waals surface area contributed by atoms with Crippen LogP contribution in [0.25, 0.3) is 199 Å². The van der Waals surface area contributed by atoms with Crippen molar-refractivity contribution in [1.82, 2.24) is 29.9 Å². The minimum Gasteiger partial charge on any atom is -0.456 e. The first-order valence-electron chi connectivity index (χ1n) is 31.2. The van der Waals surface area contributed by atoms with Crippen LogP contribution in [0.5, 0.6) is 0 Å². The van der Waals surface area contributed by atoms with Gasteiger partial charge < -0.3 is 13.3 Å². The maximum absolute atomic E-state index is 6.70. The average molecular weight is 1220 g/mol. The van der Waals surface area contributed by atoms with Gasteiger partial charge in [-0.25, -0.2) is 29.9 Å². The SMILES string of the molecule is c1ccc(-c2ccc(-c3cccc4oc5cc(-c6nc(-c7ccc(-c8ccc9sc%10c(-c%11nc(-c%12ccccc%12)nc(-c%12ccc%13c(c%12)oc%12cccc(-c%14ccccc%14)c%12%13)n%11)cccc%10c9c8)cc7)nc(-c7cccc8oc9ccccc9c78)n6)ccc5c34)cc2)cc1. The molecule has 0 saturated carbocycles. The second-order valence-electron chi connectivity index (χ2n) is 23.6. The summed E-state index contributed by atoms with van der Waals surface area (Å²) in [5.74, 6) is 3.35. The van der Waals surface area contributed by atoms with Crippen LogP contribution in [0.3, 0.4) is 0 Å². The van der Waals surface area contributed by atoms with Gasteiger partial charge in [-0.3, -0.25) is 0 Å². The largest absolute Gasteiger partial charge is 0.456 e. The molecule has 0 bridgehead atoms. The van der Waals surface area contributed by atoms with Crippen molar-refractivity contribution in [2.75, 3.05) is 0 Å². The number of thiophene rings is 1. The van der Waals surface area contributed by atoms with Gasteiger partial charge in [0.2, 0.25) is 0 Å². The lowest BCUT2D eigenvalue weighted by molar-refractivity contribution is 0.668. The van der Waals surface area contributed by atoms with E-state index >= 15 is 0 Å². The molecule has 19 rings (SSSR count). The molecule has 9 nitrogen and oxygen atoms in total. The number of benzene rings is 13. The molecule has 0 atom stereocenters. The van der Waals surface area contributed by atoms with Gasteiger partial charge in [0.05, 0.1) is 0 Å². The number of para-hydroxylation sites is 1. The van der Waals surface area contributed by atoms with Crippen molar-refractivity contribution in [2.45, 2.75) is 0 Å². The second-order valence-corrected chi connectivity index (χ2v) is 24.7. The van der Waals surface area contributed by atoms with Crippen LogP contribution >= 0.6 is 11.3 Å². The highest BCUT2D eigenvalue weighted by molar-refractivity contribution is 7.26. The van der Waals surface area contributed by atoms with Gasteiger partial charge in [0, 0.05) is 85.9 Å². The van der Waals surface area contributed by atoms with E-state index in [1.54, 1.807) is 11.3 Å². The zero-order chi connectivity index (χ0) is 61.8. The molecule has 0 radical (unpaired) electrons. The lowest BCUT2D eigenvalue weighted by atomic mass is 9.96. The normalized spacial score (nSPS) is 11.8. The number of hydrogen-bond acceptors (Lipinski definition) is 10. The summed E-state index contributed by atoms with van der Waals surface area (Å²) in [6.45, 7) is 0. The van der Waals surface area contributed by atoms with Crippen molar-refractivity contribution in [3.63, 3.8) is 0 Å². The molecule has 0 aliphatic carbocycles. The molecule has 13 aromatic carbocycles. The Bertz CT molecular complexity index is 6220. The van der Waals surface area contributed by atoms with Crippen molar-refractivity contribution in [3.05, 3.63) is 291 Å². The van der Waals surface area contributed by atoms with Gasteiger partial charge in [0.15, 0.2) is 34.9 Å². The van der Waals surface area contributed by atoms with Crippen molar-refractivity contribution in [3.8, 4) is 113 Å². The van der Waals surface area contributed by atoms with Crippen molar-refractivity contribution in [2.24, 2.45) is 0 Å². The van der Waals surface area contributed by atoms with Gasteiger partial charge in [0.1, 0.15) is 33.5 Å². The number of nitrogens with zero attached hydrogens (tertiary/aromatic N) is 6.